The van der Waals surface area contributed by atoms with Crippen molar-refractivity contribution in [1.82, 2.24) is 15.5 Å². The predicted molar refractivity (Wildman–Crippen MR) is 92.1 cm³/mol. The standard InChI is InChI=1S/C19H23N3O3/c1-13-20-18(25-22-13)16-7-3-2-6-15(16)17(23)21-14-8-11-24-19(12-14)9-4-5-10-19/h2-3,6-7,14H,4-5,8-12H2,1H3,(H,21,23). The second kappa shape index (κ2) is 6.59. The fourth-order valence-corrected chi connectivity index (χ4v) is 4.06. The van der Waals surface area contributed by atoms with E-state index in [-0.39, 0.29) is 17.6 Å². The molecule has 1 aliphatic heterocycles. The van der Waals surface area contributed by atoms with Gasteiger partial charge in [0.2, 0.25) is 0 Å². The van der Waals surface area contributed by atoms with Crippen molar-refractivity contribution in [1.29, 1.82) is 0 Å². The number of aryl methyl sites for hydroxylation is 1. The topological polar surface area (TPSA) is 77.2 Å². The van der Waals surface area contributed by atoms with Crippen LogP contribution in [0.3, 0.4) is 0 Å². The second-order valence-electron chi connectivity index (χ2n) is 7.09. The highest BCUT2D eigenvalue weighted by Crippen LogP contribution is 2.40. The van der Waals surface area contributed by atoms with E-state index in [2.05, 4.69) is 15.5 Å². The number of aromatic nitrogens is 2. The third kappa shape index (κ3) is 3.31. The van der Waals surface area contributed by atoms with Gasteiger partial charge in [-0.05, 0) is 44.7 Å². The van der Waals surface area contributed by atoms with E-state index in [0.29, 0.717) is 22.8 Å². The number of ether oxygens (including phenoxy) is 1. The molecule has 1 aromatic carbocycles. The molecule has 1 saturated heterocycles. The fraction of sp³-hybridized carbons (Fsp3) is 0.526. The van der Waals surface area contributed by atoms with Crippen molar-refractivity contribution in [2.45, 2.75) is 57.1 Å². The van der Waals surface area contributed by atoms with Crippen LogP contribution in [-0.4, -0.2) is 34.3 Å². The van der Waals surface area contributed by atoms with Gasteiger partial charge < -0.3 is 14.6 Å². The average Bonchev–Trinajstić information content (AvgIpc) is 3.24. The number of rotatable bonds is 3. The average molecular weight is 341 g/mol. The maximum absolute atomic E-state index is 12.9. The van der Waals surface area contributed by atoms with Gasteiger partial charge in [-0.2, -0.15) is 4.98 Å². The highest BCUT2D eigenvalue weighted by Gasteiger charge is 2.40. The lowest BCUT2D eigenvalue weighted by Crippen LogP contribution is -2.47. The van der Waals surface area contributed by atoms with Crippen molar-refractivity contribution < 1.29 is 14.1 Å². The molecule has 1 saturated carbocycles. The van der Waals surface area contributed by atoms with Crippen molar-refractivity contribution in [2.24, 2.45) is 0 Å². The first-order chi connectivity index (χ1) is 12.2. The molecule has 1 aromatic heterocycles. The molecule has 1 atom stereocenters. The van der Waals surface area contributed by atoms with Crippen LogP contribution in [0.15, 0.2) is 28.8 Å². The van der Waals surface area contributed by atoms with E-state index in [0.717, 1.165) is 32.3 Å². The minimum absolute atomic E-state index is 0.0146. The normalized spacial score (nSPS) is 22.2. The van der Waals surface area contributed by atoms with Crippen LogP contribution in [0, 0.1) is 6.92 Å². The molecular formula is C19H23N3O3. The summed E-state index contributed by atoms with van der Waals surface area (Å²) >= 11 is 0. The van der Waals surface area contributed by atoms with Crippen molar-refractivity contribution in [3.8, 4) is 11.5 Å². The smallest absolute Gasteiger partial charge is 0.258 e. The summed E-state index contributed by atoms with van der Waals surface area (Å²) in [6.45, 7) is 2.48. The Labute approximate surface area is 147 Å². The first-order valence-electron chi connectivity index (χ1n) is 9.00. The number of hydrogen-bond acceptors (Lipinski definition) is 5. The van der Waals surface area contributed by atoms with Gasteiger partial charge in [0.25, 0.3) is 11.8 Å². The molecule has 2 aliphatic rings. The van der Waals surface area contributed by atoms with E-state index < -0.39 is 0 Å². The monoisotopic (exact) mass is 341 g/mol. The molecule has 1 amide bonds. The maximum Gasteiger partial charge on any atom is 0.258 e. The summed E-state index contributed by atoms with van der Waals surface area (Å²) < 4.78 is 11.3. The van der Waals surface area contributed by atoms with Crippen LogP contribution < -0.4 is 5.32 Å². The Hall–Kier alpha value is -2.21. The van der Waals surface area contributed by atoms with E-state index >= 15 is 0 Å². The van der Waals surface area contributed by atoms with Crippen LogP contribution in [0.2, 0.25) is 0 Å². The number of benzene rings is 1. The molecule has 2 fully saturated rings. The minimum atomic E-state index is -0.0912. The number of hydrogen-bond donors (Lipinski definition) is 1. The molecule has 1 aliphatic carbocycles. The van der Waals surface area contributed by atoms with Crippen molar-refractivity contribution in [3.63, 3.8) is 0 Å². The summed E-state index contributed by atoms with van der Waals surface area (Å²) in [6.07, 6.45) is 6.42. The molecule has 2 heterocycles. The zero-order chi connectivity index (χ0) is 17.3. The lowest BCUT2D eigenvalue weighted by atomic mass is 9.88. The molecule has 6 heteroatoms. The summed E-state index contributed by atoms with van der Waals surface area (Å²) in [5.74, 6) is 0.840. The van der Waals surface area contributed by atoms with Crippen molar-refractivity contribution >= 4 is 5.91 Å². The Morgan fingerprint density at radius 2 is 2.08 bits per heavy atom. The summed E-state index contributed by atoms with van der Waals surface area (Å²) in [7, 11) is 0. The third-order valence-corrected chi connectivity index (χ3v) is 5.27. The van der Waals surface area contributed by atoms with E-state index in [4.69, 9.17) is 9.26 Å². The Kier molecular flexibility index (Phi) is 4.29. The highest BCUT2D eigenvalue weighted by atomic mass is 16.5. The lowest BCUT2D eigenvalue weighted by Gasteiger charge is -2.38. The van der Waals surface area contributed by atoms with Crippen LogP contribution in [-0.2, 0) is 4.74 Å². The molecule has 0 radical (unpaired) electrons. The number of carbonyl (C=O) groups excluding carboxylic acids is 1. The molecule has 1 spiro atoms. The molecule has 0 bridgehead atoms. The first-order valence-corrected chi connectivity index (χ1v) is 9.00. The zero-order valence-electron chi connectivity index (χ0n) is 14.5. The number of carbonyl (C=O) groups is 1. The Bertz CT molecular complexity index is 765. The van der Waals surface area contributed by atoms with Crippen LogP contribution in [0.5, 0.6) is 0 Å². The largest absolute Gasteiger partial charge is 0.375 e. The van der Waals surface area contributed by atoms with E-state index in [1.54, 1.807) is 13.0 Å². The quantitative estimate of drug-likeness (QED) is 0.927. The molecular weight excluding hydrogens is 318 g/mol. The van der Waals surface area contributed by atoms with E-state index in [1.807, 2.05) is 18.2 Å². The lowest BCUT2D eigenvalue weighted by molar-refractivity contribution is -0.0823. The highest BCUT2D eigenvalue weighted by molar-refractivity contribution is 6.00. The molecule has 1 N–H and O–H groups in total. The van der Waals surface area contributed by atoms with Crippen LogP contribution in [0.25, 0.3) is 11.5 Å². The number of nitrogens with zero attached hydrogens (tertiary/aromatic N) is 2. The third-order valence-electron chi connectivity index (χ3n) is 5.27. The summed E-state index contributed by atoms with van der Waals surface area (Å²) in [6, 6.07) is 7.51. The summed E-state index contributed by atoms with van der Waals surface area (Å²) in [5, 5.41) is 7.02. The molecule has 25 heavy (non-hydrogen) atoms. The van der Waals surface area contributed by atoms with E-state index in [9.17, 15) is 4.79 Å². The molecule has 2 aromatic rings. The van der Waals surface area contributed by atoms with Crippen LogP contribution >= 0.6 is 0 Å². The summed E-state index contributed by atoms with van der Waals surface area (Å²) in [4.78, 5) is 17.1. The van der Waals surface area contributed by atoms with Crippen LogP contribution in [0.4, 0.5) is 0 Å². The van der Waals surface area contributed by atoms with Gasteiger partial charge in [0, 0.05) is 12.6 Å². The Balaban J connectivity index is 1.52. The first kappa shape index (κ1) is 16.3. The molecule has 6 nitrogen and oxygen atoms in total. The second-order valence-corrected chi connectivity index (χ2v) is 7.09. The van der Waals surface area contributed by atoms with Gasteiger partial charge in [0.15, 0.2) is 5.82 Å². The number of nitrogens with one attached hydrogen (secondary N) is 1. The van der Waals surface area contributed by atoms with Gasteiger partial charge in [-0.1, -0.05) is 30.1 Å². The molecule has 1 unspecified atom stereocenters. The zero-order valence-corrected chi connectivity index (χ0v) is 14.5. The van der Waals surface area contributed by atoms with Crippen molar-refractivity contribution in [3.05, 3.63) is 35.7 Å². The van der Waals surface area contributed by atoms with Gasteiger partial charge in [-0.25, -0.2) is 0 Å². The summed E-state index contributed by atoms with van der Waals surface area (Å²) in [5.41, 5.74) is 1.22. The SMILES string of the molecule is Cc1noc(-c2ccccc2C(=O)NC2CCOC3(CCCC3)C2)n1. The fourth-order valence-electron chi connectivity index (χ4n) is 4.06. The Morgan fingerprint density at radius 3 is 2.84 bits per heavy atom. The predicted octanol–water partition coefficient (Wildman–Crippen LogP) is 3.27. The molecule has 132 valence electrons. The van der Waals surface area contributed by atoms with E-state index in [1.165, 1.54) is 12.8 Å². The number of amides is 1. The minimum Gasteiger partial charge on any atom is -0.375 e. The van der Waals surface area contributed by atoms with Gasteiger partial charge in [-0.15, -0.1) is 0 Å². The molecule has 4 rings (SSSR count). The Morgan fingerprint density at radius 1 is 1.28 bits per heavy atom. The van der Waals surface area contributed by atoms with Crippen LogP contribution in [0.1, 0.15) is 54.7 Å². The van der Waals surface area contributed by atoms with Gasteiger partial charge in [0.05, 0.1) is 16.7 Å². The van der Waals surface area contributed by atoms with Gasteiger partial charge >= 0.3 is 0 Å². The van der Waals surface area contributed by atoms with Gasteiger partial charge in [0.1, 0.15) is 0 Å². The van der Waals surface area contributed by atoms with Gasteiger partial charge in [-0.3, -0.25) is 4.79 Å². The maximum atomic E-state index is 12.9. The van der Waals surface area contributed by atoms with Crippen molar-refractivity contribution in [2.75, 3.05) is 6.61 Å².